The summed E-state index contributed by atoms with van der Waals surface area (Å²) in [5.74, 6) is -2.96. The Labute approximate surface area is 140 Å². The molecule has 0 aromatic heterocycles. The molecule has 0 saturated carbocycles. The van der Waals surface area contributed by atoms with Crippen molar-refractivity contribution < 1.29 is 23.9 Å². The molecule has 0 spiro atoms. The summed E-state index contributed by atoms with van der Waals surface area (Å²) in [6.07, 6.45) is -0.885. The Kier molecular flexibility index (Phi) is 4.43. The van der Waals surface area contributed by atoms with E-state index in [1.165, 1.54) is 6.92 Å². The highest BCUT2D eigenvalue weighted by atomic mass is 79.9. The van der Waals surface area contributed by atoms with Crippen LogP contribution in [0, 0.1) is 17.2 Å². The molecule has 0 saturated heterocycles. The third kappa shape index (κ3) is 2.37. The van der Waals surface area contributed by atoms with E-state index in [0.717, 1.165) is 19.1 Å². The van der Waals surface area contributed by atoms with Crippen molar-refractivity contribution in [2.75, 3.05) is 19.1 Å². The van der Waals surface area contributed by atoms with Gasteiger partial charge in [-0.3, -0.25) is 9.59 Å². The van der Waals surface area contributed by atoms with E-state index < -0.39 is 29.3 Å². The Morgan fingerprint density at radius 1 is 1.35 bits per heavy atom. The second-order valence-electron chi connectivity index (χ2n) is 5.06. The minimum Gasteiger partial charge on any atom is -0.468 e. The molecule has 1 heterocycles. The topological polar surface area (TPSA) is 96.7 Å². The number of carbonyl (C=O) groups is 3. The van der Waals surface area contributed by atoms with Gasteiger partial charge in [0.1, 0.15) is 5.41 Å². The molecular weight excluding hydrogens is 368 g/mol. The van der Waals surface area contributed by atoms with Crippen LogP contribution in [0.2, 0.25) is 0 Å². The lowest BCUT2D eigenvalue weighted by molar-refractivity contribution is -0.147. The highest BCUT2D eigenvalue weighted by Crippen LogP contribution is 2.47. The first-order valence-electron chi connectivity index (χ1n) is 6.52. The molecule has 0 bridgehead atoms. The summed E-state index contributed by atoms with van der Waals surface area (Å²) >= 11 is 3.29. The predicted octanol–water partition coefficient (Wildman–Crippen LogP) is 2.13. The SMILES string of the molecule is COC(=O)C(C#N)C1(C)C(=O)N(C(=O)OC)c2ccc(Br)cc21. The number of rotatable bonds is 2. The number of ether oxygens (including phenoxy) is 2. The summed E-state index contributed by atoms with van der Waals surface area (Å²) < 4.78 is 9.92. The van der Waals surface area contributed by atoms with Crippen LogP contribution in [0.25, 0.3) is 0 Å². The van der Waals surface area contributed by atoms with Crippen molar-refractivity contribution in [3.05, 3.63) is 28.2 Å². The number of methoxy groups -OCH3 is 2. The van der Waals surface area contributed by atoms with E-state index in [1.807, 2.05) is 6.07 Å². The van der Waals surface area contributed by atoms with Crippen molar-refractivity contribution in [1.29, 1.82) is 5.26 Å². The van der Waals surface area contributed by atoms with Crippen LogP contribution in [0.1, 0.15) is 12.5 Å². The number of halogens is 1. The standard InChI is InChI=1S/C15H13BrN2O5/c1-15(10(7-17)12(19)22-2)9-6-8(16)4-5-11(9)18(13(15)20)14(21)23-3/h4-6,10H,1-3H3. The fourth-order valence-corrected chi connectivity index (χ4v) is 3.02. The van der Waals surface area contributed by atoms with Crippen LogP contribution in [-0.4, -0.2) is 32.2 Å². The third-order valence-electron chi connectivity index (χ3n) is 3.91. The minimum atomic E-state index is -1.56. The Morgan fingerprint density at radius 2 is 2.00 bits per heavy atom. The number of carbonyl (C=O) groups excluding carboxylic acids is 3. The quantitative estimate of drug-likeness (QED) is 0.729. The molecule has 2 rings (SSSR count). The molecule has 2 amide bonds. The maximum atomic E-state index is 12.9. The van der Waals surface area contributed by atoms with Crippen molar-refractivity contribution in [3.8, 4) is 6.07 Å². The lowest BCUT2D eigenvalue weighted by Gasteiger charge is -2.26. The fraction of sp³-hybridized carbons (Fsp3) is 0.333. The van der Waals surface area contributed by atoms with Gasteiger partial charge in [0.2, 0.25) is 5.91 Å². The van der Waals surface area contributed by atoms with Gasteiger partial charge in [0.15, 0.2) is 5.92 Å². The molecular formula is C15H13BrN2O5. The van der Waals surface area contributed by atoms with Crippen LogP contribution < -0.4 is 4.90 Å². The van der Waals surface area contributed by atoms with Crippen LogP contribution in [0.5, 0.6) is 0 Å². The summed E-state index contributed by atoms with van der Waals surface area (Å²) in [7, 11) is 2.28. The van der Waals surface area contributed by atoms with Crippen molar-refractivity contribution in [3.63, 3.8) is 0 Å². The van der Waals surface area contributed by atoms with Crippen LogP contribution in [0.3, 0.4) is 0 Å². The van der Waals surface area contributed by atoms with E-state index in [4.69, 9.17) is 0 Å². The molecule has 1 aromatic carbocycles. The first kappa shape index (κ1) is 17.0. The van der Waals surface area contributed by atoms with Crippen LogP contribution in [0.4, 0.5) is 10.5 Å². The fourth-order valence-electron chi connectivity index (χ4n) is 2.66. The Hall–Kier alpha value is -2.40. The normalized spacial score (nSPS) is 20.5. The third-order valence-corrected chi connectivity index (χ3v) is 4.40. The molecule has 23 heavy (non-hydrogen) atoms. The van der Waals surface area contributed by atoms with E-state index >= 15 is 0 Å². The summed E-state index contributed by atoms with van der Waals surface area (Å²) in [5.41, 5.74) is -0.911. The molecule has 1 aliphatic heterocycles. The summed E-state index contributed by atoms with van der Waals surface area (Å²) in [4.78, 5) is 37.7. The minimum absolute atomic E-state index is 0.275. The maximum absolute atomic E-state index is 12.9. The van der Waals surface area contributed by atoms with Gasteiger partial charge in [-0.2, -0.15) is 5.26 Å². The first-order valence-corrected chi connectivity index (χ1v) is 7.32. The number of hydrogen-bond donors (Lipinski definition) is 0. The van der Waals surface area contributed by atoms with Gasteiger partial charge >= 0.3 is 12.1 Å². The summed E-state index contributed by atoms with van der Waals surface area (Å²) in [6.45, 7) is 1.44. The molecule has 0 fully saturated rings. The van der Waals surface area contributed by atoms with Crippen LogP contribution >= 0.6 is 15.9 Å². The van der Waals surface area contributed by atoms with Gasteiger partial charge in [0.25, 0.3) is 0 Å². The number of fused-ring (bicyclic) bond motifs is 1. The van der Waals surface area contributed by atoms with Crippen LogP contribution in [-0.2, 0) is 24.5 Å². The van der Waals surface area contributed by atoms with Crippen molar-refractivity contribution in [2.45, 2.75) is 12.3 Å². The van der Waals surface area contributed by atoms with Gasteiger partial charge in [-0.05, 0) is 30.7 Å². The van der Waals surface area contributed by atoms with Crippen molar-refractivity contribution in [2.24, 2.45) is 5.92 Å². The van der Waals surface area contributed by atoms with Crippen molar-refractivity contribution >= 4 is 39.6 Å². The van der Waals surface area contributed by atoms with E-state index in [9.17, 15) is 19.6 Å². The summed E-state index contributed by atoms with van der Waals surface area (Å²) in [5, 5.41) is 9.40. The first-order chi connectivity index (χ1) is 10.8. The monoisotopic (exact) mass is 380 g/mol. The number of esters is 1. The molecule has 1 aliphatic rings. The maximum Gasteiger partial charge on any atom is 0.420 e. The lowest BCUT2D eigenvalue weighted by atomic mass is 9.73. The van der Waals surface area contributed by atoms with E-state index in [1.54, 1.807) is 18.2 Å². The average Bonchev–Trinajstić information content (AvgIpc) is 2.76. The molecule has 2 unspecified atom stereocenters. The number of imide groups is 1. The number of anilines is 1. The highest BCUT2D eigenvalue weighted by Gasteiger charge is 2.57. The van der Waals surface area contributed by atoms with Gasteiger partial charge in [0.05, 0.1) is 26.0 Å². The largest absolute Gasteiger partial charge is 0.468 e. The number of amides is 2. The summed E-state index contributed by atoms with van der Waals surface area (Å²) in [6, 6.07) is 6.61. The van der Waals surface area contributed by atoms with E-state index in [2.05, 4.69) is 25.4 Å². The van der Waals surface area contributed by atoms with E-state index in [-0.39, 0.29) is 5.69 Å². The lowest BCUT2D eigenvalue weighted by Crippen LogP contribution is -2.47. The molecule has 0 aliphatic carbocycles. The molecule has 7 nitrogen and oxygen atoms in total. The van der Waals surface area contributed by atoms with Crippen molar-refractivity contribution in [1.82, 2.24) is 0 Å². The molecule has 0 N–H and O–H groups in total. The molecule has 0 radical (unpaired) electrons. The van der Waals surface area contributed by atoms with Crippen LogP contribution in [0.15, 0.2) is 22.7 Å². The van der Waals surface area contributed by atoms with Gasteiger partial charge in [-0.15, -0.1) is 0 Å². The molecule has 1 aromatic rings. The van der Waals surface area contributed by atoms with E-state index in [0.29, 0.717) is 10.0 Å². The number of nitrogens with zero attached hydrogens (tertiary/aromatic N) is 2. The Balaban J connectivity index is 2.73. The zero-order chi connectivity index (χ0) is 17.4. The second kappa shape index (κ2) is 6.01. The van der Waals surface area contributed by atoms with Gasteiger partial charge in [-0.1, -0.05) is 15.9 Å². The second-order valence-corrected chi connectivity index (χ2v) is 5.98. The smallest absolute Gasteiger partial charge is 0.420 e. The highest BCUT2D eigenvalue weighted by molar-refractivity contribution is 9.10. The molecule has 120 valence electrons. The average molecular weight is 381 g/mol. The Bertz CT molecular complexity index is 742. The van der Waals surface area contributed by atoms with Gasteiger partial charge in [-0.25, -0.2) is 9.69 Å². The van der Waals surface area contributed by atoms with Gasteiger partial charge < -0.3 is 9.47 Å². The number of hydrogen-bond acceptors (Lipinski definition) is 6. The molecule has 8 heteroatoms. The zero-order valence-corrected chi connectivity index (χ0v) is 14.2. The number of benzene rings is 1. The molecule has 2 atom stereocenters. The number of nitriles is 1. The predicted molar refractivity (Wildman–Crippen MR) is 82.5 cm³/mol. The van der Waals surface area contributed by atoms with Gasteiger partial charge in [0, 0.05) is 4.47 Å². The Morgan fingerprint density at radius 3 is 2.52 bits per heavy atom. The zero-order valence-electron chi connectivity index (χ0n) is 12.6.